The molecule has 1 fully saturated rings. The number of aromatic amines is 1. The van der Waals surface area contributed by atoms with Gasteiger partial charge < -0.3 is 25.8 Å². The molecule has 0 aliphatic carbocycles. The number of carbonyl (C=O) groups is 1. The molecule has 0 saturated carbocycles. The van der Waals surface area contributed by atoms with Crippen molar-refractivity contribution in [2.75, 3.05) is 44.4 Å². The summed E-state index contributed by atoms with van der Waals surface area (Å²) in [6.07, 6.45) is 4.24. The highest BCUT2D eigenvalue weighted by Gasteiger charge is 2.20. The fraction of sp³-hybridized carbons (Fsp3) is 0.409. The topological polar surface area (TPSA) is 98.0 Å². The standard InChI is InChI=1S/C22H28ClN7O/c1-24-18(31)7-10-25-15-5-3-14(4-6-15)21-28-20-19(17(23)13-26-22(20)29-21)27-16-8-11-30(2)12-9-16/h3-6,13,16,25H,7-12H2,1-2H3,(H,24,31)(H2,26,27,28,29). The van der Waals surface area contributed by atoms with E-state index in [9.17, 15) is 4.79 Å². The van der Waals surface area contributed by atoms with Crippen molar-refractivity contribution in [3.63, 3.8) is 0 Å². The third-order valence-electron chi connectivity index (χ3n) is 5.65. The van der Waals surface area contributed by atoms with Crippen LogP contribution in [0, 0.1) is 0 Å². The van der Waals surface area contributed by atoms with Gasteiger partial charge in [0.2, 0.25) is 5.91 Å². The second kappa shape index (κ2) is 9.53. The lowest BCUT2D eigenvalue weighted by Crippen LogP contribution is -2.36. The lowest BCUT2D eigenvalue weighted by atomic mass is 10.1. The molecule has 0 atom stereocenters. The van der Waals surface area contributed by atoms with Crippen LogP contribution in [0.1, 0.15) is 19.3 Å². The smallest absolute Gasteiger partial charge is 0.221 e. The molecule has 0 radical (unpaired) electrons. The Morgan fingerprint density at radius 3 is 2.71 bits per heavy atom. The Morgan fingerprint density at radius 1 is 1.26 bits per heavy atom. The summed E-state index contributed by atoms with van der Waals surface area (Å²) in [6.45, 7) is 2.72. The number of fused-ring (bicyclic) bond motifs is 1. The second-order valence-corrected chi connectivity index (χ2v) is 8.32. The van der Waals surface area contributed by atoms with E-state index in [-0.39, 0.29) is 5.91 Å². The number of likely N-dealkylation sites (tertiary alicyclic amines) is 1. The molecule has 1 aliphatic rings. The summed E-state index contributed by atoms with van der Waals surface area (Å²) in [5.41, 5.74) is 4.22. The van der Waals surface area contributed by atoms with Crippen molar-refractivity contribution in [1.29, 1.82) is 0 Å². The lowest BCUT2D eigenvalue weighted by Gasteiger charge is -2.30. The Hall–Kier alpha value is -2.84. The van der Waals surface area contributed by atoms with Crippen LogP contribution in [0.4, 0.5) is 11.4 Å². The monoisotopic (exact) mass is 441 g/mol. The van der Waals surface area contributed by atoms with Gasteiger partial charge in [0.1, 0.15) is 11.3 Å². The number of amides is 1. The van der Waals surface area contributed by atoms with E-state index < -0.39 is 0 Å². The van der Waals surface area contributed by atoms with Gasteiger partial charge in [-0.1, -0.05) is 11.6 Å². The van der Waals surface area contributed by atoms with Gasteiger partial charge in [-0.3, -0.25) is 4.79 Å². The second-order valence-electron chi connectivity index (χ2n) is 7.91. The molecule has 1 amide bonds. The zero-order valence-electron chi connectivity index (χ0n) is 17.8. The molecule has 0 bridgehead atoms. The Balaban J connectivity index is 1.50. The summed E-state index contributed by atoms with van der Waals surface area (Å²) >= 11 is 6.48. The Morgan fingerprint density at radius 2 is 2.00 bits per heavy atom. The first-order chi connectivity index (χ1) is 15.0. The van der Waals surface area contributed by atoms with E-state index in [0.29, 0.717) is 29.7 Å². The summed E-state index contributed by atoms with van der Waals surface area (Å²) in [6, 6.07) is 8.31. The maximum Gasteiger partial charge on any atom is 0.221 e. The lowest BCUT2D eigenvalue weighted by molar-refractivity contribution is -0.120. The van der Waals surface area contributed by atoms with Crippen molar-refractivity contribution in [2.45, 2.75) is 25.3 Å². The minimum atomic E-state index is 0.0159. The first-order valence-corrected chi connectivity index (χ1v) is 11.0. The third-order valence-corrected chi connectivity index (χ3v) is 5.94. The number of pyridine rings is 1. The SMILES string of the molecule is CNC(=O)CCNc1ccc(-c2nc3c(NC4CCN(C)CC4)c(Cl)cnc3[nH]2)cc1. The number of H-pyrrole nitrogens is 1. The van der Waals surface area contributed by atoms with Gasteiger partial charge >= 0.3 is 0 Å². The molecule has 0 spiro atoms. The zero-order chi connectivity index (χ0) is 21.8. The van der Waals surface area contributed by atoms with Crippen LogP contribution in [0.25, 0.3) is 22.6 Å². The molecule has 31 heavy (non-hydrogen) atoms. The van der Waals surface area contributed by atoms with Gasteiger partial charge in [0.05, 0.1) is 16.9 Å². The van der Waals surface area contributed by atoms with Crippen molar-refractivity contribution in [2.24, 2.45) is 0 Å². The number of rotatable bonds is 7. The molecule has 4 N–H and O–H groups in total. The first kappa shape index (κ1) is 21.4. The average Bonchev–Trinajstić information content (AvgIpc) is 3.22. The molecule has 9 heteroatoms. The number of nitrogens with zero attached hydrogens (tertiary/aromatic N) is 3. The summed E-state index contributed by atoms with van der Waals surface area (Å²) in [7, 11) is 3.79. The van der Waals surface area contributed by atoms with Gasteiger partial charge in [-0.25, -0.2) is 9.97 Å². The van der Waals surface area contributed by atoms with Gasteiger partial charge in [0.25, 0.3) is 0 Å². The third kappa shape index (κ3) is 5.08. The van der Waals surface area contributed by atoms with Crippen LogP contribution in [0.2, 0.25) is 5.02 Å². The summed E-state index contributed by atoms with van der Waals surface area (Å²) in [5.74, 6) is 0.760. The zero-order valence-corrected chi connectivity index (χ0v) is 18.6. The predicted molar refractivity (Wildman–Crippen MR) is 126 cm³/mol. The maximum atomic E-state index is 11.3. The molecular formula is C22H28ClN7O. The molecule has 3 heterocycles. The minimum absolute atomic E-state index is 0.0159. The number of hydrogen-bond donors (Lipinski definition) is 4. The number of hydrogen-bond acceptors (Lipinski definition) is 6. The Labute approximate surface area is 186 Å². The molecular weight excluding hydrogens is 414 g/mol. The minimum Gasteiger partial charge on any atom is -0.385 e. The molecule has 1 aliphatic heterocycles. The van der Waals surface area contributed by atoms with E-state index in [1.807, 2.05) is 24.3 Å². The van der Waals surface area contributed by atoms with Crippen molar-refractivity contribution in [1.82, 2.24) is 25.2 Å². The summed E-state index contributed by atoms with van der Waals surface area (Å²) in [4.78, 5) is 26.2. The van der Waals surface area contributed by atoms with E-state index in [0.717, 1.165) is 54.2 Å². The molecule has 1 saturated heterocycles. The number of anilines is 2. The molecule has 4 rings (SSSR count). The van der Waals surface area contributed by atoms with Gasteiger partial charge in [-0.05, 0) is 57.2 Å². The highest BCUT2D eigenvalue weighted by Crippen LogP contribution is 2.32. The number of benzene rings is 1. The van der Waals surface area contributed by atoms with Crippen molar-refractivity contribution < 1.29 is 4.79 Å². The van der Waals surface area contributed by atoms with Gasteiger partial charge in [-0.15, -0.1) is 0 Å². The van der Waals surface area contributed by atoms with E-state index in [4.69, 9.17) is 16.6 Å². The maximum absolute atomic E-state index is 11.3. The van der Waals surface area contributed by atoms with E-state index in [2.05, 4.69) is 37.9 Å². The predicted octanol–water partition coefficient (Wildman–Crippen LogP) is 3.33. The number of piperidine rings is 1. The average molecular weight is 442 g/mol. The molecule has 2 aromatic heterocycles. The van der Waals surface area contributed by atoms with Crippen LogP contribution >= 0.6 is 11.6 Å². The molecule has 8 nitrogen and oxygen atoms in total. The molecule has 3 aromatic rings. The Kier molecular flexibility index (Phi) is 6.58. The van der Waals surface area contributed by atoms with E-state index >= 15 is 0 Å². The fourth-order valence-electron chi connectivity index (χ4n) is 3.75. The van der Waals surface area contributed by atoms with Crippen LogP contribution < -0.4 is 16.0 Å². The highest BCUT2D eigenvalue weighted by atomic mass is 35.5. The number of carbonyl (C=O) groups excluding carboxylic acids is 1. The van der Waals surface area contributed by atoms with Crippen molar-refractivity contribution >= 4 is 40.0 Å². The van der Waals surface area contributed by atoms with Crippen LogP contribution in [0.3, 0.4) is 0 Å². The Bertz CT molecular complexity index is 1040. The number of aromatic nitrogens is 3. The van der Waals surface area contributed by atoms with E-state index in [1.165, 1.54) is 0 Å². The quantitative estimate of drug-likeness (QED) is 0.449. The van der Waals surface area contributed by atoms with Crippen LogP contribution in [-0.2, 0) is 4.79 Å². The molecule has 1 aromatic carbocycles. The number of halogens is 1. The summed E-state index contributed by atoms with van der Waals surface area (Å²) in [5, 5.41) is 10.0. The highest BCUT2D eigenvalue weighted by molar-refractivity contribution is 6.34. The normalized spacial score (nSPS) is 15.2. The molecule has 0 unspecified atom stereocenters. The summed E-state index contributed by atoms with van der Waals surface area (Å²) < 4.78 is 0. The van der Waals surface area contributed by atoms with Crippen molar-refractivity contribution in [3.05, 3.63) is 35.5 Å². The largest absolute Gasteiger partial charge is 0.385 e. The molecule has 164 valence electrons. The van der Waals surface area contributed by atoms with Crippen LogP contribution in [0.15, 0.2) is 30.5 Å². The number of nitrogens with one attached hydrogen (secondary N) is 4. The number of imidazole rings is 1. The van der Waals surface area contributed by atoms with Gasteiger partial charge in [0, 0.05) is 37.3 Å². The van der Waals surface area contributed by atoms with Crippen LogP contribution in [0.5, 0.6) is 0 Å². The van der Waals surface area contributed by atoms with Gasteiger partial charge in [-0.2, -0.15) is 0 Å². The van der Waals surface area contributed by atoms with Gasteiger partial charge in [0.15, 0.2) is 5.65 Å². The van der Waals surface area contributed by atoms with Crippen molar-refractivity contribution in [3.8, 4) is 11.4 Å². The van der Waals surface area contributed by atoms with Crippen LogP contribution in [-0.4, -0.2) is 65.5 Å². The van der Waals surface area contributed by atoms with E-state index in [1.54, 1.807) is 13.2 Å². The fourth-order valence-corrected chi connectivity index (χ4v) is 3.95. The first-order valence-electron chi connectivity index (χ1n) is 10.6.